The van der Waals surface area contributed by atoms with Crippen molar-refractivity contribution in [3.63, 3.8) is 0 Å². The van der Waals surface area contributed by atoms with Crippen LogP contribution in [-0.2, 0) is 22.4 Å². The SMILES string of the molecule is O=C1CCCOc2ccccc2CCCCC2(CCN(C(=O)Cc3scnc3-c3ccc(Cl)cc3)CC2)CN1. The fourth-order valence-corrected chi connectivity index (χ4v) is 6.59. The predicted octanol–water partition coefficient (Wildman–Crippen LogP) is 6.32. The summed E-state index contributed by atoms with van der Waals surface area (Å²) in [5.74, 6) is 1.17. The summed E-state index contributed by atoms with van der Waals surface area (Å²) in [5.41, 5.74) is 4.92. The molecule has 0 radical (unpaired) electrons. The molecule has 3 heterocycles. The van der Waals surface area contributed by atoms with Crippen LogP contribution in [0.4, 0.5) is 0 Å². The number of thiazole rings is 1. The highest BCUT2D eigenvalue weighted by atomic mass is 35.5. The van der Waals surface area contributed by atoms with Gasteiger partial charge >= 0.3 is 0 Å². The number of nitrogens with one attached hydrogen (secondary N) is 1. The third-order valence-electron chi connectivity index (χ3n) is 8.09. The monoisotopic (exact) mass is 565 g/mol. The highest BCUT2D eigenvalue weighted by Gasteiger charge is 2.36. The smallest absolute Gasteiger partial charge is 0.227 e. The minimum absolute atomic E-state index is 0.0333. The van der Waals surface area contributed by atoms with Gasteiger partial charge in [0.25, 0.3) is 0 Å². The number of hydrogen-bond donors (Lipinski definition) is 1. The lowest BCUT2D eigenvalue weighted by atomic mass is 9.74. The number of aryl methyl sites for hydroxylation is 1. The molecule has 0 atom stereocenters. The number of ether oxygens (including phenoxy) is 1. The van der Waals surface area contributed by atoms with Gasteiger partial charge in [-0.25, -0.2) is 4.98 Å². The number of piperidine rings is 1. The maximum Gasteiger partial charge on any atom is 0.227 e. The number of amides is 2. The molecule has 8 heteroatoms. The predicted molar refractivity (Wildman–Crippen MR) is 156 cm³/mol. The van der Waals surface area contributed by atoms with Gasteiger partial charge in [-0.3, -0.25) is 9.59 Å². The molecule has 0 bridgehead atoms. The van der Waals surface area contributed by atoms with Gasteiger partial charge in [0.1, 0.15) is 5.75 Å². The van der Waals surface area contributed by atoms with Gasteiger partial charge < -0.3 is 15.0 Å². The molecule has 206 valence electrons. The first-order valence-electron chi connectivity index (χ1n) is 13.9. The number of rotatable bonds is 3. The van der Waals surface area contributed by atoms with Crippen LogP contribution in [0.5, 0.6) is 5.75 Å². The first kappa shape index (κ1) is 27.7. The molecule has 0 unspecified atom stereocenters. The number of para-hydroxylation sites is 1. The van der Waals surface area contributed by atoms with Gasteiger partial charge in [0.15, 0.2) is 0 Å². The van der Waals surface area contributed by atoms with E-state index in [-0.39, 0.29) is 17.2 Å². The van der Waals surface area contributed by atoms with Crippen LogP contribution in [0.25, 0.3) is 11.3 Å². The lowest BCUT2D eigenvalue weighted by Gasteiger charge is -2.42. The molecule has 1 saturated heterocycles. The Morgan fingerprint density at radius 1 is 1.03 bits per heavy atom. The van der Waals surface area contributed by atoms with E-state index in [0.29, 0.717) is 37.4 Å². The Hall–Kier alpha value is -2.90. The second-order valence-corrected chi connectivity index (χ2v) is 12.1. The van der Waals surface area contributed by atoms with Crippen molar-refractivity contribution in [2.24, 2.45) is 5.41 Å². The van der Waals surface area contributed by atoms with E-state index in [9.17, 15) is 9.59 Å². The summed E-state index contributed by atoms with van der Waals surface area (Å²) < 4.78 is 5.97. The zero-order chi connectivity index (χ0) is 27.1. The number of benzene rings is 2. The second kappa shape index (κ2) is 13.0. The van der Waals surface area contributed by atoms with Crippen LogP contribution in [0.1, 0.15) is 55.4 Å². The van der Waals surface area contributed by atoms with Gasteiger partial charge in [-0.2, -0.15) is 0 Å². The summed E-state index contributed by atoms with van der Waals surface area (Å²) in [5, 5.41) is 3.89. The minimum atomic E-state index is 0.0333. The number of halogens is 1. The third kappa shape index (κ3) is 7.20. The number of nitrogens with zero attached hydrogens (tertiary/aromatic N) is 2. The first-order valence-corrected chi connectivity index (χ1v) is 15.2. The van der Waals surface area contributed by atoms with Crippen molar-refractivity contribution < 1.29 is 14.3 Å². The van der Waals surface area contributed by atoms with Crippen LogP contribution < -0.4 is 10.1 Å². The number of hydrogen-bond acceptors (Lipinski definition) is 5. The Morgan fingerprint density at radius 3 is 2.64 bits per heavy atom. The molecule has 2 aliphatic rings. The van der Waals surface area contributed by atoms with E-state index in [1.807, 2.05) is 41.3 Å². The van der Waals surface area contributed by atoms with Gasteiger partial charge in [0.2, 0.25) is 11.8 Å². The Kier molecular flexibility index (Phi) is 9.20. The number of carbonyl (C=O) groups is 2. The molecule has 0 saturated carbocycles. The largest absolute Gasteiger partial charge is 0.493 e. The van der Waals surface area contributed by atoms with Crippen molar-refractivity contribution in [2.45, 2.75) is 57.8 Å². The Balaban J connectivity index is 1.20. The molecule has 1 spiro atoms. The molecule has 1 N–H and O–H groups in total. The fraction of sp³-hybridized carbons (Fsp3) is 0.452. The molecular formula is C31H36ClN3O3S. The normalized spacial score (nSPS) is 18.5. The van der Waals surface area contributed by atoms with Crippen molar-refractivity contribution in [1.29, 1.82) is 0 Å². The number of fused-ring (bicyclic) bond motifs is 1. The van der Waals surface area contributed by atoms with Crippen LogP contribution >= 0.6 is 22.9 Å². The fourth-order valence-electron chi connectivity index (χ4n) is 5.69. The quantitative estimate of drug-likeness (QED) is 0.403. The van der Waals surface area contributed by atoms with Gasteiger partial charge in [0, 0.05) is 41.5 Å². The molecule has 2 aliphatic heterocycles. The third-order valence-corrected chi connectivity index (χ3v) is 9.17. The maximum atomic E-state index is 13.3. The Labute approximate surface area is 239 Å². The van der Waals surface area contributed by atoms with E-state index in [1.54, 1.807) is 5.51 Å². The van der Waals surface area contributed by atoms with E-state index in [1.165, 1.54) is 16.9 Å². The summed E-state index contributed by atoms with van der Waals surface area (Å²) in [4.78, 5) is 33.4. The van der Waals surface area contributed by atoms with E-state index in [0.717, 1.165) is 73.5 Å². The molecule has 2 aromatic carbocycles. The van der Waals surface area contributed by atoms with Crippen molar-refractivity contribution in [3.8, 4) is 17.0 Å². The van der Waals surface area contributed by atoms with E-state index >= 15 is 0 Å². The lowest BCUT2D eigenvalue weighted by Crippen LogP contribution is -2.48. The summed E-state index contributed by atoms with van der Waals surface area (Å²) in [6, 6.07) is 15.8. The van der Waals surface area contributed by atoms with E-state index < -0.39 is 0 Å². The van der Waals surface area contributed by atoms with Crippen molar-refractivity contribution in [2.75, 3.05) is 26.2 Å². The molecule has 5 rings (SSSR count). The van der Waals surface area contributed by atoms with E-state index in [4.69, 9.17) is 16.3 Å². The lowest BCUT2D eigenvalue weighted by molar-refractivity contribution is -0.133. The van der Waals surface area contributed by atoms with E-state index in [2.05, 4.69) is 22.4 Å². The molecule has 1 fully saturated rings. The molecule has 39 heavy (non-hydrogen) atoms. The summed E-state index contributed by atoms with van der Waals surface area (Å²) in [6.07, 6.45) is 7.55. The second-order valence-electron chi connectivity index (χ2n) is 10.7. The van der Waals surface area contributed by atoms with Crippen molar-refractivity contribution >= 4 is 34.8 Å². The highest BCUT2D eigenvalue weighted by Crippen LogP contribution is 2.37. The van der Waals surface area contributed by atoms with Crippen molar-refractivity contribution in [1.82, 2.24) is 15.2 Å². The number of carbonyl (C=O) groups excluding carboxylic acids is 2. The molecule has 3 aromatic rings. The zero-order valence-corrected chi connectivity index (χ0v) is 23.9. The minimum Gasteiger partial charge on any atom is -0.493 e. The maximum absolute atomic E-state index is 13.3. The first-order chi connectivity index (χ1) is 19.0. The molecular weight excluding hydrogens is 530 g/mol. The summed E-state index contributed by atoms with van der Waals surface area (Å²) >= 11 is 7.57. The summed E-state index contributed by atoms with van der Waals surface area (Å²) in [6.45, 7) is 2.67. The molecule has 0 aliphatic carbocycles. The molecule has 6 nitrogen and oxygen atoms in total. The summed E-state index contributed by atoms with van der Waals surface area (Å²) in [7, 11) is 0. The van der Waals surface area contributed by atoms with Crippen molar-refractivity contribution in [3.05, 3.63) is 69.5 Å². The number of aromatic nitrogens is 1. The average Bonchev–Trinajstić information content (AvgIpc) is 3.41. The topological polar surface area (TPSA) is 71.5 Å². The standard InChI is InChI=1S/C31H36ClN3O3S/c32-25-12-10-24(11-13-25)30-27(39-22-34-30)20-29(37)35-17-15-31(16-18-35)14-4-3-7-23-6-1-2-8-26(23)38-19-5-9-28(36)33-21-31/h1-2,6,8,10-13,22H,3-5,7,9,14-21H2,(H,33,36). The van der Waals surface area contributed by atoms with Crippen LogP contribution in [0.2, 0.25) is 5.02 Å². The van der Waals surface area contributed by atoms with Crippen LogP contribution in [0.15, 0.2) is 54.0 Å². The Morgan fingerprint density at radius 2 is 1.82 bits per heavy atom. The van der Waals surface area contributed by atoms with Gasteiger partial charge in [-0.05, 0) is 67.7 Å². The van der Waals surface area contributed by atoms with Gasteiger partial charge in [-0.15, -0.1) is 11.3 Å². The highest BCUT2D eigenvalue weighted by molar-refractivity contribution is 7.10. The van der Waals surface area contributed by atoms with Gasteiger partial charge in [0.05, 0.1) is 24.2 Å². The van der Waals surface area contributed by atoms with Crippen LogP contribution in [-0.4, -0.2) is 47.9 Å². The van der Waals surface area contributed by atoms with Crippen LogP contribution in [0, 0.1) is 5.41 Å². The molecule has 2 amide bonds. The Bertz CT molecular complexity index is 1270. The van der Waals surface area contributed by atoms with Gasteiger partial charge in [-0.1, -0.05) is 48.4 Å². The van der Waals surface area contributed by atoms with Crippen LogP contribution in [0.3, 0.4) is 0 Å². The molecule has 1 aromatic heterocycles. The number of likely N-dealkylation sites (tertiary alicyclic amines) is 1. The average molecular weight is 566 g/mol. The zero-order valence-electron chi connectivity index (χ0n) is 22.3.